The molecule has 0 radical (unpaired) electrons. The molecule has 5 heteroatoms. The van der Waals surface area contributed by atoms with Crippen LogP contribution in [0, 0.1) is 6.92 Å². The minimum absolute atomic E-state index is 0.184. The second kappa shape index (κ2) is 4.86. The molecule has 0 saturated heterocycles. The number of hydrogen-bond donors (Lipinski definition) is 2. The van der Waals surface area contributed by atoms with Gasteiger partial charge in [-0.3, -0.25) is 5.10 Å². The van der Waals surface area contributed by atoms with E-state index in [0.29, 0.717) is 5.88 Å². The fraction of sp³-hybridized carbons (Fsp3) is 0.333. The second-order valence-corrected chi connectivity index (χ2v) is 3.91. The molecule has 2 heterocycles. The van der Waals surface area contributed by atoms with Crippen molar-refractivity contribution < 1.29 is 4.74 Å². The average molecular weight is 232 g/mol. The quantitative estimate of drug-likeness (QED) is 0.849. The summed E-state index contributed by atoms with van der Waals surface area (Å²) in [6, 6.07) is 3.96. The molecule has 0 aliphatic heterocycles. The number of aromatic amines is 1. The van der Waals surface area contributed by atoms with E-state index in [1.54, 1.807) is 13.3 Å². The average Bonchev–Trinajstić information content (AvgIpc) is 2.76. The van der Waals surface area contributed by atoms with Gasteiger partial charge >= 0.3 is 0 Å². The molecule has 2 aromatic rings. The summed E-state index contributed by atoms with van der Waals surface area (Å²) >= 11 is 0. The Morgan fingerprint density at radius 3 is 2.71 bits per heavy atom. The summed E-state index contributed by atoms with van der Waals surface area (Å²) < 4.78 is 5.01. The van der Waals surface area contributed by atoms with Crippen molar-refractivity contribution in [3.8, 4) is 5.88 Å². The topological polar surface area (TPSA) is 62.8 Å². The second-order valence-electron chi connectivity index (χ2n) is 3.91. The Bertz CT molecular complexity index is 478. The molecule has 0 unspecified atom stereocenters. The molecule has 0 amide bonds. The minimum atomic E-state index is 0.184. The lowest BCUT2D eigenvalue weighted by Gasteiger charge is -2.14. The minimum Gasteiger partial charge on any atom is -0.481 e. The van der Waals surface area contributed by atoms with Crippen molar-refractivity contribution in [2.45, 2.75) is 19.9 Å². The van der Waals surface area contributed by atoms with Gasteiger partial charge in [0, 0.05) is 17.3 Å². The maximum atomic E-state index is 5.01. The maximum absolute atomic E-state index is 5.01. The standard InChI is InChI=1S/C12H16N4O/c1-8(11-7-14-16-9(11)2)15-10-4-5-12(17-3)13-6-10/h4-8,15H,1-3H3,(H,14,16)/t8-/m1/s1. The first kappa shape index (κ1) is 11.4. The van der Waals surface area contributed by atoms with Gasteiger partial charge in [-0.2, -0.15) is 5.10 Å². The van der Waals surface area contributed by atoms with Crippen LogP contribution in [0.4, 0.5) is 5.69 Å². The van der Waals surface area contributed by atoms with Crippen LogP contribution in [-0.2, 0) is 0 Å². The van der Waals surface area contributed by atoms with Crippen molar-refractivity contribution in [1.29, 1.82) is 0 Å². The predicted octanol–water partition coefficient (Wildman–Crippen LogP) is 2.29. The van der Waals surface area contributed by atoms with Crippen molar-refractivity contribution in [3.05, 3.63) is 35.8 Å². The summed E-state index contributed by atoms with van der Waals surface area (Å²) in [6.07, 6.45) is 3.59. The summed E-state index contributed by atoms with van der Waals surface area (Å²) in [6.45, 7) is 4.09. The maximum Gasteiger partial charge on any atom is 0.213 e. The Kier molecular flexibility index (Phi) is 3.27. The zero-order chi connectivity index (χ0) is 12.3. The van der Waals surface area contributed by atoms with Crippen LogP contribution in [0.3, 0.4) is 0 Å². The largest absolute Gasteiger partial charge is 0.481 e. The molecule has 0 fully saturated rings. The smallest absolute Gasteiger partial charge is 0.213 e. The zero-order valence-electron chi connectivity index (χ0n) is 10.2. The van der Waals surface area contributed by atoms with E-state index in [-0.39, 0.29) is 6.04 Å². The number of H-pyrrole nitrogens is 1. The number of anilines is 1. The van der Waals surface area contributed by atoms with E-state index in [1.165, 1.54) is 0 Å². The van der Waals surface area contributed by atoms with Gasteiger partial charge in [0.2, 0.25) is 5.88 Å². The van der Waals surface area contributed by atoms with Crippen molar-refractivity contribution >= 4 is 5.69 Å². The molecular weight excluding hydrogens is 216 g/mol. The van der Waals surface area contributed by atoms with Gasteiger partial charge in [0.05, 0.1) is 31.2 Å². The van der Waals surface area contributed by atoms with Gasteiger partial charge in [0.15, 0.2) is 0 Å². The van der Waals surface area contributed by atoms with Gasteiger partial charge in [-0.15, -0.1) is 0 Å². The molecule has 0 bridgehead atoms. The molecule has 0 aliphatic rings. The van der Waals surface area contributed by atoms with Crippen molar-refractivity contribution in [2.75, 3.05) is 12.4 Å². The van der Waals surface area contributed by atoms with E-state index in [2.05, 4.69) is 27.4 Å². The highest BCUT2D eigenvalue weighted by Gasteiger charge is 2.09. The van der Waals surface area contributed by atoms with Crippen LogP contribution in [-0.4, -0.2) is 22.3 Å². The van der Waals surface area contributed by atoms with Gasteiger partial charge in [-0.25, -0.2) is 4.98 Å². The third-order valence-corrected chi connectivity index (χ3v) is 2.66. The highest BCUT2D eigenvalue weighted by Crippen LogP contribution is 2.20. The number of hydrogen-bond acceptors (Lipinski definition) is 4. The highest BCUT2D eigenvalue weighted by molar-refractivity contribution is 5.44. The Balaban J connectivity index is 2.07. The number of nitrogens with zero attached hydrogens (tertiary/aromatic N) is 2. The van der Waals surface area contributed by atoms with E-state index in [0.717, 1.165) is 16.9 Å². The van der Waals surface area contributed by atoms with Crippen molar-refractivity contribution in [2.24, 2.45) is 0 Å². The molecular formula is C12H16N4O. The first-order chi connectivity index (χ1) is 8.20. The van der Waals surface area contributed by atoms with Gasteiger partial charge in [0.1, 0.15) is 0 Å². The molecule has 0 saturated carbocycles. The number of rotatable bonds is 4. The van der Waals surface area contributed by atoms with Crippen LogP contribution in [0.25, 0.3) is 0 Å². The number of ether oxygens (including phenoxy) is 1. The number of aromatic nitrogens is 3. The third kappa shape index (κ3) is 2.55. The number of pyridine rings is 1. The van der Waals surface area contributed by atoms with Crippen LogP contribution < -0.4 is 10.1 Å². The molecule has 2 N–H and O–H groups in total. The Hall–Kier alpha value is -2.04. The van der Waals surface area contributed by atoms with Crippen LogP contribution in [0.15, 0.2) is 24.5 Å². The summed E-state index contributed by atoms with van der Waals surface area (Å²) in [5.41, 5.74) is 3.19. The van der Waals surface area contributed by atoms with E-state index in [1.807, 2.05) is 25.3 Å². The highest BCUT2D eigenvalue weighted by atomic mass is 16.5. The van der Waals surface area contributed by atoms with Crippen molar-refractivity contribution in [3.63, 3.8) is 0 Å². The molecule has 1 atom stereocenters. The lowest BCUT2D eigenvalue weighted by Crippen LogP contribution is -2.07. The molecule has 0 aliphatic carbocycles. The molecule has 90 valence electrons. The van der Waals surface area contributed by atoms with Crippen LogP contribution >= 0.6 is 0 Å². The van der Waals surface area contributed by atoms with Gasteiger partial charge < -0.3 is 10.1 Å². The molecule has 5 nitrogen and oxygen atoms in total. The molecule has 0 aromatic carbocycles. The van der Waals surface area contributed by atoms with Crippen LogP contribution in [0.2, 0.25) is 0 Å². The summed E-state index contributed by atoms with van der Waals surface area (Å²) in [4.78, 5) is 4.15. The zero-order valence-corrected chi connectivity index (χ0v) is 10.2. The number of nitrogens with one attached hydrogen (secondary N) is 2. The monoisotopic (exact) mass is 232 g/mol. The van der Waals surface area contributed by atoms with Crippen LogP contribution in [0.5, 0.6) is 5.88 Å². The SMILES string of the molecule is COc1ccc(N[C@H](C)c2cn[nH]c2C)cn1. The lowest BCUT2D eigenvalue weighted by molar-refractivity contribution is 0.398. The Morgan fingerprint density at radius 1 is 1.35 bits per heavy atom. The predicted molar refractivity (Wildman–Crippen MR) is 66.2 cm³/mol. The van der Waals surface area contributed by atoms with E-state index in [9.17, 15) is 0 Å². The van der Waals surface area contributed by atoms with E-state index < -0.39 is 0 Å². The molecule has 0 spiro atoms. The van der Waals surface area contributed by atoms with Gasteiger partial charge in [-0.05, 0) is 19.9 Å². The summed E-state index contributed by atoms with van der Waals surface area (Å²) in [7, 11) is 1.60. The van der Waals surface area contributed by atoms with E-state index in [4.69, 9.17) is 4.74 Å². The first-order valence-corrected chi connectivity index (χ1v) is 5.47. The first-order valence-electron chi connectivity index (χ1n) is 5.47. The summed E-state index contributed by atoms with van der Waals surface area (Å²) in [5, 5.41) is 10.3. The van der Waals surface area contributed by atoms with E-state index >= 15 is 0 Å². The van der Waals surface area contributed by atoms with Crippen LogP contribution in [0.1, 0.15) is 24.2 Å². The number of aryl methyl sites for hydroxylation is 1. The third-order valence-electron chi connectivity index (χ3n) is 2.66. The Morgan fingerprint density at radius 2 is 2.18 bits per heavy atom. The van der Waals surface area contributed by atoms with Crippen molar-refractivity contribution in [1.82, 2.24) is 15.2 Å². The normalized spacial score (nSPS) is 12.2. The lowest BCUT2D eigenvalue weighted by atomic mass is 10.1. The molecule has 2 rings (SSSR count). The van der Waals surface area contributed by atoms with Gasteiger partial charge in [0.25, 0.3) is 0 Å². The molecule has 2 aromatic heterocycles. The molecule has 17 heavy (non-hydrogen) atoms. The fourth-order valence-electron chi connectivity index (χ4n) is 1.71. The number of methoxy groups -OCH3 is 1. The van der Waals surface area contributed by atoms with Gasteiger partial charge in [-0.1, -0.05) is 0 Å². The fourth-order valence-corrected chi connectivity index (χ4v) is 1.71. The Labute approximate surface area is 100 Å². The summed E-state index contributed by atoms with van der Waals surface area (Å²) in [5.74, 6) is 0.614.